The number of ether oxygens (including phenoxy) is 1. The van der Waals surface area contributed by atoms with E-state index in [1.165, 1.54) is 24.0 Å². The van der Waals surface area contributed by atoms with Gasteiger partial charge >= 0.3 is 6.03 Å². The second-order valence-corrected chi connectivity index (χ2v) is 7.21. The molecule has 24 heavy (non-hydrogen) atoms. The van der Waals surface area contributed by atoms with Crippen molar-refractivity contribution in [3.05, 3.63) is 35.4 Å². The number of rotatable bonds is 4. The van der Waals surface area contributed by atoms with Crippen LogP contribution in [0.5, 0.6) is 0 Å². The first kappa shape index (κ1) is 15.9. The van der Waals surface area contributed by atoms with E-state index in [9.17, 15) is 4.79 Å². The van der Waals surface area contributed by atoms with E-state index in [1.54, 1.807) is 0 Å². The molecule has 0 spiro atoms. The molecule has 1 aliphatic carbocycles. The lowest BCUT2D eigenvalue weighted by Gasteiger charge is -2.32. The first-order chi connectivity index (χ1) is 11.8. The number of nitrogens with one attached hydrogen (secondary N) is 1. The number of urea groups is 1. The first-order valence-corrected chi connectivity index (χ1v) is 9.23. The van der Waals surface area contributed by atoms with Crippen LogP contribution >= 0.6 is 0 Å². The average Bonchev–Trinajstić information content (AvgIpc) is 3.37. The Bertz CT molecular complexity index is 564. The summed E-state index contributed by atoms with van der Waals surface area (Å²) in [6.45, 7) is 5.93. The Morgan fingerprint density at radius 2 is 1.83 bits per heavy atom. The lowest BCUT2D eigenvalue weighted by atomic mass is 10.1. The molecule has 2 heterocycles. The third kappa shape index (κ3) is 3.73. The van der Waals surface area contributed by atoms with Gasteiger partial charge in [0.1, 0.15) is 0 Å². The van der Waals surface area contributed by atoms with Crippen LogP contribution in [0.1, 0.15) is 36.3 Å². The van der Waals surface area contributed by atoms with Gasteiger partial charge in [0.15, 0.2) is 0 Å². The highest BCUT2D eigenvalue weighted by Crippen LogP contribution is 2.39. The molecule has 5 heteroatoms. The van der Waals surface area contributed by atoms with Gasteiger partial charge in [-0.2, -0.15) is 0 Å². The van der Waals surface area contributed by atoms with Crippen molar-refractivity contribution in [2.75, 3.05) is 39.4 Å². The fraction of sp³-hybridized carbons (Fsp3) is 0.632. The van der Waals surface area contributed by atoms with Crippen LogP contribution in [0.25, 0.3) is 0 Å². The SMILES string of the molecule is O=C(NCc1ccc(C2CC2)cc1)N1CCC(N2CCOCC2)C1. The number of amides is 2. The van der Waals surface area contributed by atoms with Crippen LogP contribution in [0.15, 0.2) is 24.3 Å². The van der Waals surface area contributed by atoms with Gasteiger partial charge < -0.3 is 15.0 Å². The monoisotopic (exact) mass is 329 g/mol. The Labute approximate surface area is 144 Å². The summed E-state index contributed by atoms with van der Waals surface area (Å²) in [4.78, 5) is 16.8. The van der Waals surface area contributed by atoms with Crippen molar-refractivity contribution in [2.45, 2.75) is 37.8 Å². The van der Waals surface area contributed by atoms with E-state index in [2.05, 4.69) is 34.5 Å². The molecule has 1 saturated carbocycles. The van der Waals surface area contributed by atoms with E-state index in [1.807, 2.05) is 4.90 Å². The smallest absolute Gasteiger partial charge is 0.317 e. The molecule has 1 unspecified atom stereocenters. The van der Waals surface area contributed by atoms with E-state index in [0.717, 1.165) is 51.7 Å². The lowest BCUT2D eigenvalue weighted by Crippen LogP contribution is -2.46. The van der Waals surface area contributed by atoms with Gasteiger partial charge in [-0.1, -0.05) is 24.3 Å². The van der Waals surface area contributed by atoms with Crippen molar-refractivity contribution >= 4 is 6.03 Å². The largest absolute Gasteiger partial charge is 0.379 e. The zero-order valence-corrected chi connectivity index (χ0v) is 14.2. The van der Waals surface area contributed by atoms with Gasteiger partial charge in [0, 0.05) is 38.8 Å². The van der Waals surface area contributed by atoms with Gasteiger partial charge in [-0.25, -0.2) is 4.79 Å². The summed E-state index contributed by atoms with van der Waals surface area (Å²) in [5, 5.41) is 3.07. The molecular formula is C19H27N3O2. The third-order valence-corrected chi connectivity index (χ3v) is 5.48. The van der Waals surface area contributed by atoms with Crippen molar-refractivity contribution in [3.8, 4) is 0 Å². The van der Waals surface area contributed by atoms with Gasteiger partial charge in [0.05, 0.1) is 13.2 Å². The fourth-order valence-electron chi connectivity index (χ4n) is 3.78. The van der Waals surface area contributed by atoms with Crippen LogP contribution in [0, 0.1) is 0 Å². The van der Waals surface area contributed by atoms with Gasteiger partial charge in [0.25, 0.3) is 0 Å². The summed E-state index contributed by atoms with van der Waals surface area (Å²) in [6, 6.07) is 9.28. The highest BCUT2D eigenvalue weighted by atomic mass is 16.5. The van der Waals surface area contributed by atoms with E-state index >= 15 is 0 Å². The zero-order chi connectivity index (χ0) is 16.4. The molecule has 2 amide bonds. The van der Waals surface area contributed by atoms with Crippen molar-refractivity contribution in [1.82, 2.24) is 15.1 Å². The minimum Gasteiger partial charge on any atom is -0.379 e. The Hall–Kier alpha value is -1.59. The van der Waals surface area contributed by atoms with Crippen molar-refractivity contribution < 1.29 is 9.53 Å². The Morgan fingerprint density at radius 3 is 2.54 bits per heavy atom. The highest BCUT2D eigenvalue weighted by Gasteiger charge is 2.31. The first-order valence-electron chi connectivity index (χ1n) is 9.23. The van der Waals surface area contributed by atoms with Crippen LogP contribution in [-0.4, -0.2) is 61.3 Å². The van der Waals surface area contributed by atoms with E-state index in [0.29, 0.717) is 12.6 Å². The quantitative estimate of drug-likeness (QED) is 0.921. The van der Waals surface area contributed by atoms with Gasteiger partial charge in [-0.05, 0) is 36.3 Å². The van der Waals surface area contributed by atoms with E-state index < -0.39 is 0 Å². The summed E-state index contributed by atoms with van der Waals surface area (Å²) < 4.78 is 5.41. The Kier molecular flexibility index (Phi) is 4.72. The lowest BCUT2D eigenvalue weighted by molar-refractivity contribution is 0.0191. The molecule has 1 atom stereocenters. The molecule has 4 rings (SSSR count). The second kappa shape index (κ2) is 7.11. The number of nitrogens with zero attached hydrogens (tertiary/aromatic N) is 2. The topological polar surface area (TPSA) is 44.8 Å². The van der Waals surface area contributed by atoms with Gasteiger partial charge in [-0.3, -0.25) is 4.90 Å². The molecule has 0 aromatic heterocycles. The molecule has 0 bridgehead atoms. The molecule has 5 nitrogen and oxygen atoms in total. The Morgan fingerprint density at radius 1 is 1.08 bits per heavy atom. The van der Waals surface area contributed by atoms with Crippen LogP contribution in [0.4, 0.5) is 4.79 Å². The molecule has 3 fully saturated rings. The fourth-order valence-corrected chi connectivity index (χ4v) is 3.78. The normalized spacial score (nSPS) is 25.0. The molecule has 1 aromatic rings. The number of hydrogen-bond acceptors (Lipinski definition) is 3. The summed E-state index contributed by atoms with van der Waals surface area (Å²) >= 11 is 0. The molecule has 0 radical (unpaired) electrons. The van der Waals surface area contributed by atoms with E-state index in [-0.39, 0.29) is 6.03 Å². The van der Waals surface area contributed by atoms with Crippen LogP contribution < -0.4 is 5.32 Å². The highest BCUT2D eigenvalue weighted by molar-refractivity contribution is 5.74. The summed E-state index contributed by atoms with van der Waals surface area (Å²) in [5.41, 5.74) is 2.62. The maximum atomic E-state index is 12.4. The predicted octanol–water partition coefficient (Wildman–Crippen LogP) is 2.18. The van der Waals surface area contributed by atoms with Crippen molar-refractivity contribution in [1.29, 1.82) is 0 Å². The third-order valence-electron chi connectivity index (χ3n) is 5.48. The molecule has 3 aliphatic rings. The number of carbonyl (C=O) groups excluding carboxylic acids is 1. The second-order valence-electron chi connectivity index (χ2n) is 7.21. The molecule has 2 saturated heterocycles. The number of benzene rings is 1. The summed E-state index contributed by atoms with van der Waals surface area (Å²) in [5.74, 6) is 0.787. The number of hydrogen-bond donors (Lipinski definition) is 1. The summed E-state index contributed by atoms with van der Waals surface area (Å²) in [6.07, 6.45) is 3.73. The number of carbonyl (C=O) groups is 1. The maximum absolute atomic E-state index is 12.4. The van der Waals surface area contributed by atoms with Crippen LogP contribution in [0.3, 0.4) is 0 Å². The maximum Gasteiger partial charge on any atom is 0.317 e. The average molecular weight is 329 g/mol. The number of likely N-dealkylation sites (tertiary alicyclic amines) is 1. The predicted molar refractivity (Wildman–Crippen MR) is 93.0 cm³/mol. The van der Waals surface area contributed by atoms with Gasteiger partial charge in [-0.15, -0.1) is 0 Å². The molecule has 2 aliphatic heterocycles. The molecule has 130 valence electrons. The van der Waals surface area contributed by atoms with E-state index in [4.69, 9.17) is 4.74 Å². The molecule has 1 N–H and O–H groups in total. The molecular weight excluding hydrogens is 302 g/mol. The number of morpholine rings is 1. The molecule has 1 aromatic carbocycles. The van der Waals surface area contributed by atoms with Crippen molar-refractivity contribution in [2.24, 2.45) is 0 Å². The zero-order valence-electron chi connectivity index (χ0n) is 14.2. The van der Waals surface area contributed by atoms with Crippen LogP contribution in [-0.2, 0) is 11.3 Å². The Balaban J connectivity index is 1.24. The minimum absolute atomic E-state index is 0.0667. The standard InChI is InChI=1S/C19H27N3O2/c23-19(20-13-15-1-3-16(4-2-15)17-5-6-17)22-8-7-18(14-22)21-9-11-24-12-10-21/h1-4,17-18H,5-14H2,(H,20,23). The van der Waals surface area contributed by atoms with Crippen molar-refractivity contribution in [3.63, 3.8) is 0 Å². The minimum atomic E-state index is 0.0667. The van der Waals surface area contributed by atoms with Gasteiger partial charge in [0.2, 0.25) is 0 Å². The van der Waals surface area contributed by atoms with Crippen LogP contribution in [0.2, 0.25) is 0 Å². The summed E-state index contributed by atoms with van der Waals surface area (Å²) in [7, 11) is 0.